The van der Waals surface area contributed by atoms with Crippen molar-refractivity contribution in [1.29, 1.82) is 0 Å². The van der Waals surface area contributed by atoms with Crippen molar-refractivity contribution in [3.05, 3.63) is 29.0 Å². The lowest BCUT2D eigenvalue weighted by Gasteiger charge is -2.12. The first-order valence-corrected chi connectivity index (χ1v) is 7.05. The van der Waals surface area contributed by atoms with E-state index in [9.17, 15) is 14.4 Å². The molecule has 24 heavy (non-hydrogen) atoms. The van der Waals surface area contributed by atoms with E-state index in [0.29, 0.717) is 17.1 Å². The first-order valence-electron chi connectivity index (χ1n) is 7.05. The molecule has 0 aromatic heterocycles. The zero-order chi connectivity index (χ0) is 17.9. The van der Waals surface area contributed by atoms with Gasteiger partial charge in [-0.3, -0.25) is 9.59 Å². The van der Waals surface area contributed by atoms with Crippen LogP contribution in [0.3, 0.4) is 0 Å². The molecule has 1 aliphatic rings. The Bertz CT molecular complexity index is 726. The Kier molecular flexibility index (Phi) is 5.08. The summed E-state index contributed by atoms with van der Waals surface area (Å²) in [6.07, 6.45) is 1.49. The molecule has 0 spiro atoms. The standard InChI is InChI=1S/C16H18N2O6/c1-9-12(22-2)6-5-10(14(9)24-4)7-11-15(20)18(16(21)17-11)8-13(19)23-3/h5-7H,8H2,1-4H3,(H,17,21). The van der Waals surface area contributed by atoms with Crippen molar-refractivity contribution in [3.63, 3.8) is 0 Å². The van der Waals surface area contributed by atoms with Crippen molar-refractivity contribution in [2.75, 3.05) is 27.9 Å². The molecule has 0 bridgehead atoms. The van der Waals surface area contributed by atoms with Crippen molar-refractivity contribution >= 4 is 24.0 Å². The SMILES string of the molecule is COC(=O)CN1C(=O)NC(=Cc2ccc(OC)c(C)c2OC)C1=O. The Balaban J connectivity index is 2.36. The van der Waals surface area contributed by atoms with Crippen LogP contribution in [0.2, 0.25) is 0 Å². The lowest BCUT2D eigenvalue weighted by atomic mass is 10.1. The van der Waals surface area contributed by atoms with E-state index in [-0.39, 0.29) is 5.70 Å². The van der Waals surface area contributed by atoms with Crippen LogP contribution in [-0.2, 0) is 14.3 Å². The van der Waals surface area contributed by atoms with Crippen LogP contribution in [0.1, 0.15) is 11.1 Å². The van der Waals surface area contributed by atoms with Gasteiger partial charge in [-0.25, -0.2) is 9.69 Å². The lowest BCUT2D eigenvalue weighted by Crippen LogP contribution is -2.36. The highest BCUT2D eigenvalue weighted by molar-refractivity contribution is 6.15. The summed E-state index contributed by atoms with van der Waals surface area (Å²) in [5.74, 6) is -0.128. The summed E-state index contributed by atoms with van der Waals surface area (Å²) in [6.45, 7) is 1.37. The molecule has 8 nitrogen and oxygen atoms in total. The van der Waals surface area contributed by atoms with E-state index >= 15 is 0 Å². The zero-order valence-electron chi connectivity index (χ0n) is 13.8. The number of rotatable bonds is 5. The minimum atomic E-state index is -0.683. The Morgan fingerprint density at radius 3 is 2.50 bits per heavy atom. The van der Waals surface area contributed by atoms with Gasteiger partial charge in [-0.05, 0) is 25.1 Å². The number of carbonyl (C=O) groups is 3. The third-order valence-electron chi connectivity index (χ3n) is 3.59. The van der Waals surface area contributed by atoms with Crippen LogP contribution in [0.5, 0.6) is 11.5 Å². The number of esters is 1. The summed E-state index contributed by atoms with van der Waals surface area (Å²) in [5.41, 5.74) is 1.41. The van der Waals surface area contributed by atoms with Gasteiger partial charge in [0.25, 0.3) is 5.91 Å². The van der Waals surface area contributed by atoms with E-state index in [4.69, 9.17) is 9.47 Å². The van der Waals surface area contributed by atoms with Crippen molar-refractivity contribution in [2.24, 2.45) is 0 Å². The molecule has 0 unspecified atom stereocenters. The third kappa shape index (κ3) is 3.17. The number of benzene rings is 1. The first kappa shape index (κ1) is 17.3. The summed E-state index contributed by atoms with van der Waals surface area (Å²) >= 11 is 0. The van der Waals surface area contributed by atoms with Gasteiger partial charge in [0, 0.05) is 11.1 Å². The molecule has 1 aliphatic heterocycles. The molecule has 1 heterocycles. The van der Waals surface area contributed by atoms with Crippen LogP contribution >= 0.6 is 0 Å². The molecule has 0 saturated carbocycles. The minimum absolute atomic E-state index is 0.0479. The van der Waals surface area contributed by atoms with E-state index in [0.717, 1.165) is 10.5 Å². The summed E-state index contributed by atoms with van der Waals surface area (Å²) in [4.78, 5) is 36.2. The van der Waals surface area contributed by atoms with Gasteiger partial charge in [-0.1, -0.05) is 0 Å². The first-order chi connectivity index (χ1) is 11.4. The number of ether oxygens (including phenoxy) is 3. The zero-order valence-corrected chi connectivity index (χ0v) is 13.8. The molecule has 2 rings (SSSR count). The van der Waals surface area contributed by atoms with Gasteiger partial charge in [-0.15, -0.1) is 0 Å². The number of imide groups is 1. The maximum absolute atomic E-state index is 12.3. The summed E-state index contributed by atoms with van der Waals surface area (Å²) in [6, 6.07) is 2.76. The van der Waals surface area contributed by atoms with Crippen LogP contribution < -0.4 is 14.8 Å². The number of urea groups is 1. The fraction of sp³-hybridized carbons (Fsp3) is 0.312. The highest BCUT2D eigenvalue weighted by Crippen LogP contribution is 2.32. The van der Waals surface area contributed by atoms with E-state index in [2.05, 4.69) is 10.1 Å². The van der Waals surface area contributed by atoms with E-state index in [1.54, 1.807) is 19.2 Å². The summed E-state index contributed by atoms with van der Waals surface area (Å²) < 4.78 is 15.1. The van der Waals surface area contributed by atoms with Gasteiger partial charge in [0.1, 0.15) is 23.7 Å². The van der Waals surface area contributed by atoms with Crippen LogP contribution in [0.15, 0.2) is 17.8 Å². The topological polar surface area (TPSA) is 94.2 Å². The highest BCUT2D eigenvalue weighted by Gasteiger charge is 2.35. The molecule has 128 valence electrons. The molecule has 0 radical (unpaired) electrons. The molecular weight excluding hydrogens is 316 g/mol. The van der Waals surface area contributed by atoms with Crippen molar-refractivity contribution in [3.8, 4) is 11.5 Å². The van der Waals surface area contributed by atoms with E-state index < -0.39 is 24.5 Å². The van der Waals surface area contributed by atoms with Gasteiger partial charge in [0.15, 0.2) is 0 Å². The minimum Gasteiger partial charge on any atom is -0.496 e. The number of hydrogen-bond donors (Lipinski definition) is 1. The Hall–Kier alpha value is -3.03. The second kappa shape index (κ2) is 7.03. The molecule has 8 heteroatoms. The fourth-order valence-corrected chi connectivity index (χ4v) is 2.36. The van der Waals surface area contributed by atoms with Crippen molar-refractivity contribution in [1.82, 2.24) is 10.2 Å². The Morgan fingerprint density at radius 2 is 1.92 bits per heavy atom. The van der Waals surface area contributed by atoms with Gasteiger partial charge < -0.3 is 19.5 Å². The van der Waals surface area contributed by atoms with Crippen LogP contribution in [0.4, 0.5) is 4.79 Å². The van der Waals surface area contributed by atoms with Crippen molar-refractivity contribution in [2.45, 2.75) is 6.92 Å². The average Bonchev–Trinajstić information content (AvgIpc) is 2.82. The maximum atomic E-state index is 12.3. The average molecular weight is 334 g/mol. The largest absolute Gasteiger partial charge is 0.496 e. The third-order valence-corrected chi connectivity index (χ3v) is 3.59. The molecular formula is C16H18N2O6. The second-order valence-electron chi connectivity index (χ2n) is 4.97. The fourth-order valence-electron chi connectivity index (χ4n) is 2.36. The number of carbonyl (C=O) groups excluding carboxylic acids is 3. The number of amides is 3. The second-order valence-corrected chi connectivity index (χ2v) is 4.97. The van der Waals surface area contributed by atoms with Gasteiger partial charge in [-0.2, -0.15) is 0 Å². The number of nitrogens with zero attached hydrogens (tertiary/aromatic N) is 1. The molecule has 1 saturated heterocycles. The van der Waals surface area contributed by atoms with Crippen LogP contribution in [0, 0.1) is 6.92 Å². The number of nitrogens with one attached hydrogen (secondary N) is 1. The Morgan fingerprint density at radius 1 is 1.21 bits per heavy atom. The predicted octanol–water partition coefficient (Wildman–Crippen LogP) is 1.08. The quantitative estimate of drug-likeness (QED) is 0.492. The smallest absolute Gasteiger partial charge is 0.329 e. The van der Waals surface area contributed by atoms with Crippen LogP contribution in [-0.4, -0.2) is 50.7 Å². The monoisotopic (exact) mass is 334 g/mol. The van der Waals surface area contributed by atoms with E-state index in [1.807, 2.05) is 6.92 Å². The number of methoxy groups -OCH3 is 3. The molecule has 1 N–H and O–H groups in total. The Labute approximate surface area is 139 Å². The van der Waals surface area contributed by atoms with Crippen LogP contribution in [0.25, 0.3) is 6.08 Å². The van der Waals surface area contributed by atoms with Crippen molar-refractivity contribution < 1.29 is 28.6 Å². The van der Waals surface area contributed by atoms with Gasteiger partial charge in [0.05, 0.1) is 21.3 Å². The summed E-state index contributed by atoms with van der Waals surface area (Å²) in [5, 5.41) is 2.44. The predicted molar refractivity (Wildman–Crippen MR) is 84.5 cm³/mol. The highest BCUT2D eigenvalue weighted by atomic mass is 16.5. The van der Waals surface area contributed by atoms with Gasteiger partial charge >= 0.3 is 12.0 Å². The van der Waals surface area contributed by atoms with Gasteiger partial charge in [0.2, 0.25) is 0 Å². The summed E-state index contributed by atoms with van der Waals surface area (Å²) in [7, 11) is 4.23. The molecule has 0 atom stereocenters. The maximum Gasteiger partial charge on any atom is 0.329 e. The lowest BCUT2D eigenvalue weighted by molar-refractivity contribution is -0.143. The number of hydrogen-bond acceptors (Lipinski definition) is 6. The molecule has 1 fully saturated rings. The molecule has 1 aromatic rings. The molecule has 0 aliphatic carbocycles. The molecule has 1 aromatic carbocycles. The normalized spacial score (nSPS) is 15.5. The molecule has 3 amide bonds. The van der Waals surface area contributed by atoms with E-state index in [1.165, 1.54) is 20.3 Å².